The van der Waals surface area contributed by atoms with Crippen molar-refractivity contribution in [3.63, 3.8) is 0 Å². The molecule has 4 heteroatoms. The molecule has 20 heavy (non-hydrogen) atoms. The summed E-state index contributed by atoms with van der Waals surface area (Å²) in [5, 5.41) is 10.7. The van der Waals surface area contributed by atoms with E-state index in [1.54, 1.807) is 0 Å². The van der Waals surface area contributed by atoms with E-state index in [4.69, 9.17) is 0 Å². The third-order valence-corrected chi connectivity index (χ3v) is 4.38. The normalized spacial score (nSPS) is 17.8. The fourth-order valence-corrected chi connectivity index (χ4v) is 3.19. The quantitative estimate of drug-likeness (QED) is 0.850. The van der Waals surface area contributed by atoms with Crippen molar-refractivity contribution in [2.75, 3.05) is 0 Å². The summed E-state index contributed by atoms with van der Waals surface area (Å²) in [6.45, 7) is 0. The SMILES string of the molecule is O=C([O-])[C@H]1CC(c2ccccc2)=Nc2ccccc2S1. The van der Waals surface area contributed by atoms with Crippen LogP contribution in [-0.4, -0.2) is 16.9 Å². The zero-order chi connectivity index (χ0) is 13.9. The molecule has 2 aromatic rings. The maximum Gasteiger partial charge on any atom is 0.0769 e. The highest BCUT2D eigenvalue weighted by Gasteiger charge is 2.21. The molecule has 0 spiro atoms. The smallest absolute Gasteiger partial charge is 0.0769 e. The lowest BCUT2D eigenvalue weighted by molar-refractivity contribution is -0.304. The summed E-state index contributed by atoms with van der Waals surface area (Å²) < 4.78 is 0. The number of rotatable bonds is 2. The van der Waals surface area contributed by atoms with Crippen LogP contribution in [0.15, 0.2) is 64.5 Å². The van der Waals surface area contributed by atoms with E-state index in [1.807, 2.05) is 54.6 Å². The number of carbonyl (C=O) groups is 1. The number of fused-ring (bicyclic) bond motifs is 1. The molecule has 0 saturated heterocycles. The lowest BCUT2D eigenvalue weighted by Crippen LogP contribution is -2.34. The molecule has 0 saturated carbocycles. The first kappa shape index (κ1) is 12.9. The number of nitrogens with zero attached hydrogens (tertiary/aromatic N) is 1. The second-order valence-electron chi connectivity index (χ2n) is 4.52. The molecule has 1 aliphatic rings. The van der Waals surface area contributed by atoms with Crippen molar-refractivity contribution < 1.29 is 9.90 Å². The van der Waals surface area contributed by atoms with Gasteiger partial charge in [0.05, 0.1) is 16.9 Å². The molecule has 2 aromatic carbocycles. The Hall–Kier alpha value is -2.07. The van der Waals surface area contributed by atoms with Crippen molar-refractivity contribution in [1.29, 1.82) is 0 Å². The predicted octanol–water partition coefficient (Wildman–Crippen LogP) is 2.42. The van der Waals surface area contributed by atoms with E-state index in [-0.39, 0.29) is 0 Å². The standard InChI is InChI=1S/C16H13NO2S/c18-16(19)15-10-13(11-6-2-1-3-7-11)17-12-8-4-5-9-14(12)20-15/h1-9,15H,10H2,(H,18,19)/p-1/t15-/m1/s1. The number of carboxylic acid groups (broad SMARTS) is 1. The number of hydrogen-bond acceptors (Lipinski definition) is 4. The van der Waals surface area contributed by atoms with Crippen LogP contribution in [0.5, 0.6) is 0 Å². The van der Waals surface area contributed by atoms with Crippen LogP contribution in [0.1, 0.15) is 12.0 Å². The van der Waals surface area contributed by atoms with Gasteiger partial charge in [-0.3, -0.25) is 4.99 Å². The summed E-state index contributed by atoms with van der Waals surface area (Å²) >= 11 is 1.31. The molecule has 0 bridgehead atoms. The molecular formula is C16H12NO2S-. The third kappa shape index (κ3) is 2.60. The highest BCUT2D eigenvalue weighted by atomic mass is 32.2. The molecule has 3 nitrogen and oxygen atoms in total. The van der Waals surface area contributed by atoms with Gasteiger partial charge in [-0.25, -0.2) is 0 Å². The lowest BCUT2D eigenvalue weighted by Gasteiger charge is -2.16. The van der Waals surface area contributed by atoms with Crippen LogP contribution < -0.4 is 5.11 Å². The average Bonchev–Trinajstić information content (AvgIpc) is 2.67. The highest BCUT2D eigenvalue weighted by molar-refractivity contribution is 8.00. The van der Waals surface area contributed by atoms with E-state index >= 15 is 0 Å². The summed E-state index contributed by atoms with van der Waals surface area (Å²) in [7, 11) is 0. The first-order valence-electron chi connectivity index (χ1n) is 6.33. The summed E-state index contributed by atoms with van der Waals surface area (Å²) in [6.07, 6.45) is 0.367. The summed E-state index contributed by atoms with van der Waals surface area (Å²) in [5.74, 6) is -1.05. The third-order valence-electron chi connectivity index (χ3n) is 3.14. The number of para-hydroxylation sites is 1. The average molecular weight is 282 g/mol. The maximum absolute atomic E-state index is 11.3. The van der Waals surface area contributed by atoms with Gasteiger partial charge in [0.2, 0.25) is 0 Å². The molecule has 1 heterocycles. The molecular weight excluding hydrogens is 270 g/mol. The number of carbonyl (C=O) groups excluding carboxylic acids is 1. The monoisotopic (exact) mass is 282 g/mol. The minimum atomic E-state index is -1.05. The molecule has 3 rings (SSSR count). The van der Waals surface area contributed by atoms with Crippen molar-refractivity contribution in [2.24, 2.45) is 4.99 Å². The molecule has 0 unspecified atom stereocenters. The second kappa shape index (κ2) is 5.51. The minimum Gasteiger partial charge on any atom is -0.549 e. The summed E-state index contributed by atoms with van der Waals surface area (Å²) in [4.78, 5) is 16.8. The number of aliphatic imine (C=N–C) groups is 1. The van der Waals surface area contributed by atoms with Gasteiger partial charge >= 0.3 is 0 Å². The van der Waals surface area contributed by atoms with Crippen molar-refractivity contribution in [3.05, 3.63) is 60.2 Å². The lowest BCUT2D eigenvalue weighted by atomic mass is 10.1. The first-order valence-corrected chi connectivity index (χ1v) is 7.21. The number of carboxylic acids is 1. The van der Waals surface area contributed by atoms with E-state index < -0.39 is 11.2 Å². The molecule has 0 amide bonds. The van der Waals surface area contributed by atoms with Gasteiger partial charge in [-0.2, -0.15) is 0 Å². The van der Waals surface area contributed by atoms with Crippen molar-refractivity contribution in [1.82, 2.24) is 0 Å². The van der Waals surface area contributed by atoms with Gasteiger partial charge in [-0.05, 0) is 17.7 Å². The Kier molecular flexibility index (Phi) is 3.56. The van der Waals surface area contributed by atoms with Crippen LogP contribution in [0, 0.1) is 0 Å². The van der Waals surface area contributed by atoms with Crippen LogP contribution >= 0.6 is 11.8 Å². The molecule has 0 aromatic heterocycles. The van der Waals surface area contributed by atoms with Gasteiger partial charge in [-0.15, -0.1) is 11.8 Å². The van der Waals surface area contributed by atoms with Gasteiger partial charge < -0.3 is 9.90 Å². The molecule has 1 aliphatic heterocycles. The van der Waals surface area contributed by atoms with E-state index in [0.717, 1.165) is 21.9 Å². The van der Waals surface area contributed by atoms with Crippen molar-refractivity contribution in [2.45, 2.75) is 16.6 Å². The Labute approximate surface area is 121 Å². The zero-order valence-electron chi connectivity index (χ0n) is 10.7. The topological polar surface area (TPSA) is 52.5 Å². The number of thioether (sulfide) groups is 1. The Morgan fingerprint density at radius 3 is 2.55 bits per heavy atom. The summed E-state index contributed by atoms with van der Waals surface area (Å²) in [6, 6.07) is 17.3. The van der Waals surface area contributed by atoms with Gasteiger partial charge in [-0.1, -0.05) is 42.5 Å². The van der Waals surface area contributed by atoms with Crippen LogP contribution in [0.4, 0.5) is 5.69 Å². The van der Waals surface area contributed by atoms with E-state index in [2.05, 4.69) is 4.99 Å². The number of hydrogen-bond donors (Lipinski definition) is 0. The Bertz CT molecular complexity index is 667. The van der Waals surface area contributed by atoms with Gasteiger partial charge in [0.1, 0.15) is 0 Å². The fourth-order valence-electron chi connectivity index (χ4n) is 2.16. The first-order chi connectivity index (χ1) is 9.74. The minimum absolute atomic E-state index is 0.367. The second-order valence-corrected chi connectivity index (χ2v) is 5.77. The molecule has 0 N–H and O–H groups in total. The predicted molar refractivity (Wildman–Crippen MR) is 78.4 cm³/mol. The van der Waals surface area contributed by atoms with Gasteiger partial charge in [0, 0.05) is 17.0 Å². The largest absolute Gasteiger partial charge is 0.549 e. The van der Waals surface area contributed by atoms with Crippen LogP contribution in [0.25, 0.3) is 0 Å². The molecule has 0 aliphatic carbocycles. The fraction of sp³-hybridized carbons (Fsp3) is 0.125. The van der Waals surface area contributed by atoms with E-state index in [0.29, 0.717) is 6.42 Å². The number of benzene rings is 2. The van der Waals surface area contributed by atoms with Crippen LogP contribution in [-0.2, 0) is 4.79 Å². The van der Waals surface area contributed by atoms with E-state index in [9.17, 15) is 9.90 Å². The van der Waals surface area contributed by atoms with Crippen LogP contribution in [0.3, 0.4) is 0 Å². The summed E-state index contributed by atoms with van der Waals surface area (Å²) in [5.41, 5.74) is 2.56. The van der Waals surface area contributed by atoms with Crippen molar-refractivity contribution in [3.8, 4) is 0 Å². The zero-order valence-corrected chi connectivity index (χ0v) is 11.5. The molecule has 0 radical (unpaired) electrons. The maximum atomic E-state index is 11.3. The Morgan fingerprint density at radius 2 is 1.80 bits per heavy atom. The molecule has 0 fully saturated rings. The van der Waals surface area contributed by atoms with E-state index in [1.165, 1.54) is 11.8 Å². The Morgan fingerprint density at radius 1 is 1.10 bits per heavy atom. The van der Waals surface area contributed by atoms with Gasteiger partial charge in [0.25, 0.3) is 0 Å². The molecule has 100 valence electrons. The molecule has 1 atom stereocenters. The van der Waals surface area contributed by atoms with Crippen molar-refractivity contribution >= 4 is 29.1 Å². The number of aliphatic carboxylic acids is 1. The van der Waals surface area contributed by atoms with Crippen LogP contribution in [0.2, 0.25) is 0 Å². The van der Waals surface area contributed by atoms with Gasteiger partial charge in [0.15, 0.2) is 0 Å². The Balaban J connectivity index is 2.09. The highest BCUT2D eigenvalue weighted by Crippen LogP contribution is 2.37.